The minimum absolute atomic E-state index is 0.925. The summed E-state index contributed by atoms with van der Waals surface area (Å²) in [6.45, 7) is 5.34. The molecule has 0 amide bonds. The van der Waals surface area contributed by atoms with Gasteiger partial charge in [-0.05, 0) is 25.5 Å². The molecule has 0 saturated heterocycles. The molecule has 0 fully saturated rings. The minimum atomic E-state index is 0.925. The lowest BCUT2D eigenvalue weighted by atomic mass is 10.1. The van der Waals surface area contributed by atoms with Gasteiger partial charge in [0.05, 0.1) is 0 Å². The average molecular weight is 242 g/mol. The van der Waals surface area contributed by atoms with Gasteiger partial charge in [0, 0.05) is 24.6 Å². The van der Waals surface area contributed by atoms with Crippen molar-refractivity contribution in [1.82, 2.24) is 0 Å². The topological polar surface area (TPSA) is 3.24 Å². The summed E-state index contributed by atoms with van der Waals surface area (Å²) in [6.07, 6.45) is 0. The van der Waals surface area contributed by atoms with Crippen molar-refractivity contribution < 1.29 is 0 Å². The van der Waals surface area contributed by atoms with Crippen molar-refractivity contribution in [2.45, 2.75) is 19.2 Å². The summed E-state index contributed by atoms with van der Waals surface area (Å²) in [6, 6.07) is 6.58. The fourth-order valence-electron chi connectivity index (χ4n) is 1.36. The predicted molar refractivity (Wildman–Crippen MR) is 62.8 cm³/mol. The van der Waals surface area contributed by atoms with Gasteiger partial charge in [-0.1, -0.05) is 33.6 Å². The zero-order valence-electron chi connectivity index (χ0n) is 8.47. The Hall–Kier alpha value is -0.500. The molecule has 13 heavy (non-hydrogen) atoms. The first-order valence-electron chi connectivity index (χ1n) is 4.55. The predicted octanol–water partition coefficient (Wildman–Crippen LogP) is 3.35. The van der Waals surface area contributed by atoms with Crippen molar-refractivity contribution >= 4 is 21.6 Å². The van der Waals surface area contributed by atoms with E-state index >= 15 is 0 Å². The summed E-state index contributed by atoms with van der Waals surface area (Å²) < 4.78 is 0. The molecule has 0 atom stereocenters. The number of anilines is 1. The molecule has 2 heteroatoms. The number of alkyl halides is 1. The second-order valence-corrected chi connectivity index (χ2v) is 3.84. The fourth-order valence-corrected chi connectivity index (χ4v) is 1.81. The van der Waals surface area contributed by atoms with Crippen LogP contribution in [0, 0.1) is 6.92 Å². The monoisotopic (exact) mass is 241 g/mol. The first kappa shape index (κ1) is 10.6. The van der Waals surface area contributed by atoms with E-state index in [1.54, 1.807) is 0 Å². The highest BCUT2D eigenvalue weighted by Crippen LogP contribution is 2.22. The SMILES string of the molecule is CCN(C)c1ccc(C)cc1CBr. The Labute approximate surface area is 88.9 Å². The second kappa shape index (κ2) is 4.66. The molecular formula is C11H16BrN. The van der Waals surface area contributed by atoms with E-state index in [1.807, 2.05) is 0 Å². The maximum atomic E-state index is 3.51. The molecular weight excluding hydrogens is 226 g/mol. The van der Waals surface area contributed by atoms with Crippen LogP contribution in [0.4, 0.5) is 5.69 Å². The lowest BCUT2D eigenvalue weighted by Gasteiger charge is -2.20. The van der Waals surface area contributed by atoms with Gasteiger partial charge < -0.3 is 4.90 Å². The smallest absolute Gasteiger partial charge is 0.0404 e. The maximum Gasteiger partial charge on any atom is 0.0404 e. The molecule has 0 saturated carbocycles. The summed E-state index contributed by atoms with van der Waals surface area (Å²) in [5, 5.41) is 0.925. The zero-order valence-corrected chi connectivity index (χ0v) is 10.1. The van der Waals surface area contributed by atoms with Crippen molar-refractivity contribution in [3.05, 3.63) is 29.3 Å². The number of aryl methyl sites for hydroxylation is 1. The van der Waals surface area contributed by atoms with Crippen LogP contribution in [0.1, 0.15) is 18.1 Å². The van der Waals surface area contributed by atoms with E-state index in [4.69, 9.17) is 0 Å². The number of rotatable bonds is 3. The van der Waals surface area contributed by atoms with Crippen molar-refractivity contribution in [3.8, 4) is 0 Å². The van der Waals surface area contributed by atoms with Crippen LogP contribution in [0.25, 0.3) is 0 Å². The number of nitrogens with zero attached hydrogens (tertiary/aromatic N) is 1. The molecule has 0 radical (unpaired) electrons. The summed E-state index contributed by atoms with van der Waals surface area (Å²) in [5.41, 5.74) is 4.01. The van der Waals surface area contributed by atoms with Gasteiger partial charge in [0.1, 0.15) is 0 Å². The van der Waals surface area contributed by atoms with E-state index in [9.17, 15) is 0 Å². The molecule has 0 bridgehead atoms. The van der Waals surface area contributed by atoms with Gasteiger partial charge in [-0.15, -0.1) is 0 Å². The van der Waals surface area contributed by atoms with Crippen LogP contribution in [0.5, 0.6) is 0 Å². The molecule has 0 aliphatic heterocycles. The molecule has 1 aromatic carbocycles. The Morgan fingerprint density at radius 2 is 2.08 bits per heavy atom. The lowest BCUT2D eigenvalue weighted by Crippen LogP contribution is -2.17. The molecule has 0 heterocycles. The van der Waals surface area contributed by atoms with E-state index in [0.29, 0.717) is 0 Å². The normalized spacial score (nSPS) is 10.2. The van der Waals surface area contributed by atoms with Crippen molar-refractivity contribution in [2.75, 3.05) is 18.5 Å². The molecule has 0 spiro atoms. The highest BCUT2D eigenvalue weighted by molar-refractivity contribution is 9.08. The molecule has 72 valence electrons. The first-order valence-corrected chi connectivity index (χ1v) is 5.67. The average Bonchev–Trinajstić information content (AvgIpc) is 2.16. The molecule has 1 aromatic rings. The second-order valence-electron chi connectivity index (χ2n) is 3.28. The third-order valence-corrected chi connectivity index (χ3v) is 2.87. The third-order valence-electron chi connectivity index (χ3n) is 2.26. The van der Waals surface area contributed by atoms with Crippen LogP contribution < -0.4 is 4.90 Å². The Bertz CT molecular complexity index is 283. The standard InChI is InChI=1S/C11H16BrN/c1-4-13(3)11-6-5-9(2)7-10(11)8-12/h5-7H,4,8H2,1-3H3. The number of hydrogen-bond donors (Lipinski definition) is 0. The van der Waals surface area contributed by atoms with Crippen molar-refractivity contribution in [2.24, 2.45) is 0 Å². The van der Waals surface area contributed by atoms with Gasteiger partial charge in [0.2, 0.25) is 0 Å². The van der Waals surface area contributed by atoms with Crippen LogP contribution in [-0.2, 0) is 5.33 Å². The maximum absolute atomic E-state index is 3.51. The summed E-state index contributed by atoms with van der Waals surface area (Å²) >= 11 is 3.51. The van der Waals surface area contributed by atoms with Crippen LogP contribution in [-0.4, -0.2) is 13.6 Å². The summed E-state index contributed by atoms with van der Waals surface area (Å²) in [5.74, 6) is 0. The van der Waals surface area contributed by atoms with Gasteiger partial charge in [0.15, 0.2) is 0 Å². The molecule has 1 nitrogen and oxygen atoms in total. The van der Waals surface area contributed by atoms with Gasteiger partial charge in [0.25, 0.3) is 0 Å². The van der Waals surface area contributed by atoms with E-state index in [1.165, 1.54) is 16.8 Å². The lowest BCUT2D eigenvalue weighted by molar-refractivity contribution is 0.959. The zero-order chi connectivity index (χ0) is 9.84. The Kier molecular flexibility index (Phi) is 3.79. The van der Waals surface area contributed by atoms with Crippen LogP contribution >= 0.6 is 15.9 Å². The van der Waals surface area contributed by atoms with Crippen LogP contribution in [0.15, 0.2) is 18.2 Å². The molecule has 0 aliphatic rings. The molecule has 1 rings (SSSR count). The van der Waals surface area contributed by atoms with Gasteiger partial charge in [-0.3, -0.25) is 0 Å². The quantitative estimate of drug-likeness (QED) is 0.735. The Morgan fingerprint density at radius 1 is 1.38 bits per heavy atom. The van der Waals surface area contributed by atoms with Crippen molar-refractivity contribution in [3.63, 3.8) is 0 Å². The molecule has 0 unspecified atom stereocenters. The summed E-state index contributed by atoms with van der Waals surface area (Å²) in [4.78, 5) is 2.26. The third kappa shape index (κ3) is 2.47. The first-order chi connectivity index (χ1) is 6.19. The fraction of sp³-hybridized carbons (Fsp3) is 0.455. The van der Waals surface area contributed by atoms with E-state index in [0.717, 1.165) is 11.9 Å². The largest absolute Gasteiger partial charge is 0.375 e. The van der Waals surface area contributed by atoms with Crippen molar-refractivity contribution in [1.29, 1.82) is 0 Å². The number of hydrogen-bond acceptors (Lipinski definition) is 1. The highest BCUT2D eigenvalue weighted by atomic mass is 79.9. The summed E-state index contributed by atoms with van der Waals surface area (Å²) in [7, 11) is 2.12. The molecule has 0 N–H and O–H groups in total. The number of benzene rings is 1. The number of halogens is 1. The van der Waals surface area contributed by atoms with Gasteiger partial charge in [-0.25, -0.2) is 0 Å². The van der Waals surface area contributed by atoms with E-state index in [-0.39, 0.29) is 0 Å². The molecule has 0 aliphatic carbocycles. The van der Waals surface area contributed by atoms with Crippen LogP contribution in [0.3, 0.4) is 0 Å². The highest BCUT2D eigenvalue weighted by Gasteiger charge is 2.04. The van der Waals surface area contributed by atoms with Crippen LogP contribution in [0.2, 0.25) is 0 Å². The Balaban J connectivity index is 3.05. The Morgan fingerprint density at radius 3 is 2.62 bits per heavy atom. The van der Waals surface area contributed by atoms with E-state index in [2.05, 4.69) is 59.9 Å². The molecule has 0 aromatic heterocycles. The minimum Gasteiger partial charge on any atom is -0.375 e. The van der Waals surface area contributed by atoms with Gasteiger partial charge in [-0.2, -0.15) is 0 Å². The van der Waals surface area contributed by atoms with Gasteiger partial charge >= 0.3 is 0 Å². The van der Waals surface area contributed by atoms with E-state index < -0.39 is 0 Å².